The second-order valence-electron chi connectivity index (χ2n) is 6.66. The molecule has 0 aliphatic heterocycles. The lowest BCUT2D eigenvalue weighted by atomic mass is 10.1. The number of halogens is 1. The van der Waals surface area contributed by atoms with E-state index in [1.165, 1.54) is 6.07 Å². The van der Waals surface area contributed by atoms with Gasteiger partial charge in [0.2, 0.25) is 0 Å². The van der Waals surface area contributed by atoms with Crippen LogP contribution in [-0.4, -0.2) is 31.1 Å². The second kappa shape index (κ2) is 11.3. The van der Waals surface area contributed by atoms with Gasteiger partial charge in [-0.1, -0.05) is 0 Å². The van der Waals surface area contributed by atoms with Gasteiger partial charge in [0.15, 0.2) is 5.76 Å². The van der Waals surface area contributed by atoms with Gasteiger partial charge < -0.3 is 23.9 Å². The van der Waals surface area contributed by atoms with Crippen molar-refractivity contribution in [2.24, 2.45) is 0 Å². The summed E-state index contributed by atoms with van der Waals surface area (Å²) in [5.74, 6) is -0.606. The van der Waals surface area contributed by atoms with Crippen LogP contribution in [0.4, 0.5) is 5.00 Å². The van der Waals surface area contributed by atoms with Crippen molar-refractivity contribution in [1.82, 2.24) is 0 Å². The molecule has 0 saturated heterocycles. The van der Waals surface area contributed by atoms with E-state index in [0.29, 0.717) is 17.1 Å². The summed E-state index contributed by atoms with van der Waals surface area (Å²) in [5, 5.41) is 2.84. The van der Waals surface area contributed by atoms with Crippen LogP contribution in [0.25, 0.3) is 0 Å². The number of anilines is 1. The van der Waals surface area contributed by atoms with Crippen LogP contribution in [0.5, 0.6) is 5.75 Å². The predicted octanol–water partition coefficient (Wildman–Crippen LogP) is 5.44. The monoisotopic (exact) mass is 583 g/mol. The summed E-state index contributed by atoms with van der Waals surface area (Å²) in [4.78, 5) is 37.8. The van der Waals surface area contributed by atoms with Crippen LogP contribution >= 0.6 is 33.9 Å². The largest absolute Gasteiger partial charge is 0.486 e. The zero-order valence-corrected chi connectivity index (χ0v) is 21.2. The number of hydrogen-bond acceptors (Lipinski definition) is 8. The highest BCUT2D eigenvalue weighted by molar-refractivity contribution is 14.1. The molecule has 1 N–H and O–H groups in total. The van der Waals surface area contributed by atoms with Crippen molar-refractivity contribution in [2.75, 3.05) is 18.5 Å². The Morgan fingerprint density at radius 1 is 1.00 bits per heavy atom. The number of carbonyl (C=O) groups is 3. The van der Waals surface area contributed by atoms with Crippen molar-refractivity contribution in [1.29, 1.82) is 0 Å². The lowest BCUT2D eigenvalue weighted by Crippen LogP contribution is -2.14. The Bertz CT molecular complexity index is 1150. The Morgan fingerprint density at radius 2 is 1.67 bits per heavy atom. The normalized spacial score (nSPS) is 10.5. The predicted molar refractivity (Wildman–Crippen MR) is 131 cm³/mol. The SMILES string of the molecule is CCOC(=O)c1sc(NC(=O)c2ccc(COc3ccc(I)cc3)o2)c(C(=O)OCC)c1C. The Balaban J connectivity index is 1.76. The molecule has 10 heteroatoms. The third-order valence-corrected chi connectivity index (χ3v) is 6.30. The molecule has 0 aliphatic carbocycles. The third kappa shape index (κ3) is 6.14. The first kappa shape index (κ1) is 24.8. The van der Waals surface area contributed by atoms with Gasteiger partial charge in [0, 0.05) is 3.57 Å². The van der Waals surface area contributed by atoms with Crippen molar-refractivity contribution < 1.29 is 33.0 Å². The van der Waals surface area contributed by atoms with E-state index in [-0.39, 0.29) is 41.0 Å². The molecule has 0 atom stereocenters. The van der Waals surface area contributed by atoms with E-state index in [9.17, 15) is 14.4 Å². The highest BCUT2D eigenvalue weighted by Gasteiger charge is 2.28. The molecule has 3 rings (SSSR count). The minimum atomic E-state index is -0.636. The molecular formula is C23H22INO7S. The summed E-state index contributed by atoms with van der Waals surface area (Å²) >= 11 is 3.16. The Kier molecular flexibility index (Phi) is 8.50. The van der Waals surface area contributed by atoms with Gasteiger partial charge in [0.25, 0.3) is 5.91 Å². The maximum absolute atomic E-state index is 12.8. The maximum atomic E-state index is 12.8. The molecule has 2 heterocycles. The van der Waals surface area contributed by atoms with E-state index in [1.54, 1.807) is 26.8 Å². The van der Waals surface area contributed by atoms with E-state index < -0.39 is 17.8 Å². The molecule has 174 valence electrons. The van der Waals surface area contributed by atoms with Crippen molar-refractivity contribution in [2.45, 2.75) is 27.4 Å². The fraction of sp³-hybridized carbons (Fsp3) is 0.261. The molecule has 0 spiro atoms. The first-order valence-corrected chi connectivity index (χ1v) is 12.0. The van der Waals surface area contributed by atoms with Crippen LogP contribution in [0.2, 0.25) is 0 Å². The van der Waals surface area contributed by atoms with E-state index in [2.05, 4.69) is 27.9 Å². The van der Waals surface area contributed by atoms with E-state index >= 15 is 0 Å². The summed E-state index contributed by atoms with van der Waals surface area (Å²) in [6, 6.07) is 10.7. The quantitative estimate of drug-likeness (QED) is 0.264. The number of nitrogens with one attached hydrogen (secondary N) is 1. The Morgan fingerprint density at radius 3 is 2.33 bits per heavy atom. The van der Waals surface area contributed by atoms with Gasteiger partial charge >= 0.3 is 11.9 Å². The first-order valence-electron chi connectivity index (χ1n) is 10.1. The summed E-state index contributed by atoms with van der Waals surface area (Å²) in [5.41, 5.74) is 0.505. The van der Waals surface area contributed by atoms with Gasteiger partial charge in [0.05, 0.1) is 18.8 Å². The van der Waals surface area contributed by atoms with Crippen LogP contribution in [0.15, 0.2) is 40.8 Å². The number of ether oxygens (including phenoxy) is 3. The number of amides is 1. The number of thiophene rings is 1. The van der Waals surface area contributed by atoms with Gasteiger partial charge in [-0.15, -0.1) is 11.3 Å². The third-order valence-electron chi connectivity index (χ3n) is 4.39. The molecule has 0 fully saturated rings. The molecule has 1 aromatic carbocycles. The minimum Gasteiger partial charge on any atom is -0.486 e. The number of hydrogen-bond donors (Lipinski definition) is 1. The highest BCUT2D eigenvalue weighted by atomic mass is 127. The first-order chi connectivity index (χ1) is 15.8. The van der Waals surface area contributed by atoms with Gasteiger partial charge in [-0.3, -0.25) is 4.79 Å². The standard InChI is InChI=1S/C23H22INO7S/c1-4-29-22(27)18-13(3)19(23(28)30-5-2)33-21(18)25-20(26)17-11-10-16(32-17)12-31-15-8-6-14(24)7-9-15/h6-11H,4-5,12H2,1-3H3,(H,25,26). The molecule has 8 nitrogen and oxygen atoms in total. The Hall–Kier alpha value is -2.86. The lowest BCUT2D eigenvalue weighted by molar-refractivity contribution is 0.0527. The van der Waals surface area contributed by atoms with Gasteiger partial charge in [-0.2, -0.15) is 0 Å². The molecule has 0 aliphatic rings. The molecule has 33 heavy (non-hydrogen) atoms. The zero-order chi connectivity index (χ0) is 24.0. The number of benzene rings is 1. The fourth-order valence-corrected chi connectivity index (χ4v) is 4.31. The van der Waals surface area contributed by atoms with Crippen LogP contribution in [0.1, 0.15) is 55.8 Å². The van der Waals surface area contributed by atoms with Crippen molar-refractivity contribution >= 4 is 56.8 Å². The average molecular weight is 583 g/mol. The van der Waals surface area contributed by atoms with Gasteiger partial charge in [-0.25, -0.2) is 9.59 Å². The average Bonchev–Trinajstić information content (AvgIpc) is 3.38. The summed E-state index contributed by atoms with van der Waals surface area (Å²) in [6.45, 7) is 5.45. The molecule has 0 radical (unpaired) electrons. The lowest BCUT2D eigenvalue weighted by Gasteiger charge is -2.06. The van der Waals surface area contributed by atoms with Gasteiger partial charge in [0.1, 0.15) is 28.0 Å². The van der Waals surface area contributed by atoms with Crippen molar-refractivity contribution in [3.63, 3.8) is 0 Å². The number of carbonyl (C=O) groups excluding carboxylic acids is 3. The molecule has 3 aromatic rings. The minimum absolute atomic E-state index is 0.0368. The van der Waals surface area contributed by atoms with E-state index in [0.717, 1.165) is 14.9 Å². The van der Waals surface area contributed by atoms with Crippen LogP contribution in [0, 0.1) is 10.5 Å². The highest BCUT2D eigenvalue weighted by Crippen LogP contribution is 2.34. The topological polar surface area (TPSA) is 104 Å². The van der Waals surface area contributed by atoms with Crippen molar-refractivity contribution in [3.8, 4) is 5.75 Å². The smallest absolute Gasteiger partial charge is 0.348 e. The summed E-state index contributed by atoms with van der Waals surface area (Å²) in [7, 11) is 0. The van der Waals surface area contributed by atoms with Crippen LogP contribution < -0.4 is 10.1 Å². The van der Waals surface area contributed by atoms with E-state index in [4.69, 9.17) is 18.6 Å². The molecule has 2 aromatic heterocycles. The van der Waals surface area contributed by atoms with Crippen LogP contribution in [-0.2, 0) is 16.1 Å². The van der Waals surface area contributed by atoms with Gasteiger partial charge in [-0.05, 0) is 85.3 Å². The number of rotatable bonds is 9. The van der Waals surface area contributed by atoms with E-state index in [1.807, 2.05) is 24.3 Å². The fourth-order valence-electron chi connectivity index (χ4n) is 2.87. The zero-order valence-electron chi connectivity index (χ0n) is 18.2. The molecule has 1 amide bonds. The van der Waals surface area contributed by atoms with Crippen molar-refractivity contribution in [3.05, 3.63) is 67.5 Å². The molecule has 0 bridgehead atoms. The summed E-state index contributed by atoms with van der Waals surface area (Å²) in [6.07, 6.45) is 0. The van der Waals surface area contributed by atoms with Crippen LogP contribution in [0.3, 0.4) is 0 Å². The number of esters is 2. The summed E-state index contributed by atoms with van der Waals surface area (Å²) < 4.78 is 22.5. The maximum Gasteiger partial charge on any atom is 0.348 e. The molecule has 0 unspecified atom stereocenters. The second-order valence-corrected chi connectivity index (χ2v) is 8.93. The molecular weight excluding hydrogens is 561 g/mol. The molecule has 0 saturated carbocycles. The number of furan rings is 1. The Labute approximate surface area is 208 Å².